The Labute approximate surface area is 136 Å². The maximum absolute atomic E-state index is 10.1. The van der Waals surface area contributed by atoms with Gasteiger partial charge in [-0.15, -0.1) is 0 Å². The van der Waals surface area contributed by atoms with Gasteiger partial charge in [0.25, 0.3) is 0 Å². The first-order valence-corrected chi connectivity index (χ1v) is 7.65. The molecule has 2 aromatic rings. The molecule has 0 fully saturated rings. The molecule has 0 amide bonds. The van der Waals surface area contributed by atoms with E-state index < -0.39 is 12.2 Å². The van der Waals surface area contributed by atoms with Crippen molar-refractivity contribution in [2.75, 3.05) is 13.2 Å². The van der Waals surface area contributed by atoms with E-state index in [-0.39, 0.29) is 6.54 Å². The van der Waals surface area contributed by atoms with Crippen molar-refractivity contribution < 1.29 is 19.7 Å². The predicted molar refractivity (Wildman–Crippen MR) is 88.4 cm³/mol. The van der Waals surface area contributed by atoms with Crippen molar-refractivity contribution in [2.45, 2.75) is 25.7 Å². The number of aliphatic hydroxyl groups is 2. The van der Waals surface area contributed by atoms with Crippen molar-refractivity contribution in [2.24, 2.45) is 5.73 Å². The molecule has 0 spiro atoms. The topological polar surface area (TPSA) is 84.9 Å². The molecule has 0 aliphatic heterocycles. The molecule has 0 saturated heterocycles. The molecule has 0 heterocycles. The molecule has 5 heteroatoms. The summed E-state index contributed by atoms with van der Waals surface area (Å²) in [6, 6.07) is 14.9. The van der Waals surface area contributed by atoms with Crippen LogP contribution in [0.25, 0.3) is 0 Å². The first kappa shape index (κ1) is 17.3. The molecule has 2 atom stereocenters. The Morgan fingerprint density at radius 3 is 2.39 bits per heavy atom. The average Bonchev–Trinajstić information content (AvgIpc) is 2.60. The first-order chi connectivity index (χ1) is 11.2. The van der Waals surface area contributed by atoms with Gasteiger partial charge >= 0.3 is 0 Å². The van der Waals surface area contributed by atoms with Crippen molar-refractivity contribution >= 4 is 0 Å². The molecule has 0 aliphatic rings. The lowest BCUT2D eigenvalue weighted by Crippen LogP contribution is -2.27. The fourth-order valence-corrected chi connectivity index (χ4v) is 2.18. The SMILES string of the molecule is CCOc1cc(C(O)C(O)CN)ccc1OCc1ccccc1. The number of nitrogens with two attached hydrogens (primary N) is 1. The second-order valence-electron chi connectivity index (χ2n) is 5.16. The fraction of sp³-hybridized carbons (Fsp3) is 0.333. The molecule has 0 aromatic heterocycles. The molecule has 0 bridgehead atoms. The minimum Gasteiger partial charge on any atom is -0.490 e. The number of hydrogen-bond acceptors (Lipinski definition) is 5. The van der Waals surface area contributed by atoms with Crippen LogP contribution in [0, 0.1) is 0 Å². The Hall–Kier alpha value is -2.08. The number of benzene rings is 2. The monoisotopic (exact) mass is 317 g/mol. The lowest BCUT2D eigenvalue weighted by Gasteiger charge is -2.19. The average molecular weight is 317 g/mol. The van der Waals surface area contributed by atoms with Gasteiger partial charge in [-0.3, -0.25) is 0 Å². The molecule has 0 radical (unpaired) electrons. The van der Waals surface area contributed by atoms with Gasteiger partial charge in [-0.25, -0.2) is 0 Å². The highest BCUT2D eigenvalue weighted by molar-refractivity contribution is 5.44. The van der Waals surface area contributed by atoms with Crippen LogP contribution in [0.3, 0.4) is 0 Å². The van der Waals surface area contributed by atoms with Gasteiger partial charge in [0.1, 0.15) is 12.7 Å². The maximum Gasteiger partial charge on any atom is 0.161 e. The molecule has 2 rings (SSSR count). The molecule has 124 valence electrons. The third kappa shape index (κ3) is 4.69. The summed E-state index contributed by atoms with van der Waals surface area (Å²) in [5.41, 5.74) is 6.98. The van der Waals surface area contributed by atoms with Gasteiger partial charge in [0.2, 0.25) is 0 Å². The van der Waals surface area contributed by atoms with Gasteiger partial charge in [-0.05, 0) is 30.2 Å². The van der Waals surface area contributed by atoms with Gasteiger partial charge in [0.15, 0.2) is 11.5 Å². The second kappa shape index (κ2) is 8.53. The van der Waals surface area contributed by atoms with Crippen LogP contribution in [0.15, 0.2) is 48.5 Å². The summed E-state index contributed by atoms with van der Waals surface area (Å²) >= 11 is 0. The Balaban J connectivity index is 2.15. The van der Waals surface area contributed by atoms with E-state index in [2.05, 4.69) is 0 Å². The molecule has 5 nitrogen and oxygen atoms in total. The van der Waals surface area contributed by atoms with E-state index in [1.165, 1.54) is 0 Å². The smallest absolute Gasteiger partial charge is 0.161 e. The Kier molecular flexibility index (Phi) is 6.40. The standard InChI is InChI=1S/C18H23NO4/c1-2-22-17-10-14(18(21)15(20)11-19)8-9-16(17)23-12-13-6-4-3-5-7-13/h3-10,15,18,20-21H,2,11-12,19H2,1H3. The highest BCUT2D eigenvalue weighted by atomic mass is 16.5. The minimum absolute atomic E-state index is 0.0165. The van der Waals surface area contributed by atoms with Crippen molar-refractivity contribution in [3.05, 3.63) is 59.7 Å². The predicted octanol–water partition coefficient (Wildman–Crippen LogP) is 2.02. The Morgan fingerprint density at radius 2 is 1.74 bits per heavy atom. The molecular weight excluding hydrogens is 294 g/mol. The van der Waals surface area contributed by atoms with Gasteiger partial charge in [0.05, 0.1) is 12.7 Å². The third-order valence-electron chi connectivity index (χ3n) is 3.45. The van der Waals surface area contributed by atoms with E-state index in [1.54, 1.807) is 18.2 Å². The second-order valence-corrected chi connectivity index (χ2v) is 5.16. The van der Waals surface area contributed by atoms with Crippen molar-refractivity contribution in [1.29, 1.82) is 0 Å². The van der Waals surface area contributed by atoms with Crippen LogP contribution in [0.1, 0.15) is 24.2 Å². The zero-order valence-corrected chi connectivity index (χ0v) is 13.2. The maximum atomic E-state index is 10.1. The van der Waals surface area contributed by atoms with Crippen molar-refractivity contribution in [3.63, 3.8) is 0 Å². The van der Waals surface area contributed by atoms with Crippen LogP contribution in [0.2, 0.25) is 0 Å². The van der Waals surface area contributed by atoms with Gasteiger partial charge in [0, 0.05) is 6.54 Å². The zero-order valence-electron chi connectivity index (χ0n) is 13.2. The first-order valence-electron chi connectivity index (χ1n) is 7.65. The molecular formula is C18H23NO4. The fourth-order valence-electron chi connectivity index (χ4n) is 2.18. The summed E-state index contributed by atoms with van der Waals surface area (Å²) in [5, 5.41) is 19.7. The van der Waals surface area contributed by atoms with Crippen molar-refractivity contribution in [3.8, 4) is 11.5 Å². The minimum atomic E-state index is -1.05. The van der Waals surface area contributed by atoms with Crippen LogP contribution in [0.4, 0.5) is 0 Å². The molecule has 2 unspecified atom stereocenters. The summed E-state index contributed by atoms with van der Waals surface area (Å²) < 4.78 is 11.4. The van der Waals surface area contributed by atoms with Crippen LogP contribution in [-0.2, 0) is 6.61 Å². The van der Waals surface area contributed by atoms with E-state index >= 15 is 0 Å². The van der Waals surface area contributed by atoms with Crippen molar-refractivity contribution in [1.82, 2.24) is 0 Å². The van der Waals surface area contributed by atoms with E-state index in [4.69, 9.17) is 15.2 Å². The van der Waals surface area contributed by atoms with Crippen LogP contribution < -0.4 is 15.2 Å². The van der Waals surface area contributed by atoms with E-state index in [0.29, 0.717) is 30.3 Å². The summed E-state index contributed by atoms with van der Waals surface area (Å²) in [7, 11) is 0. The molecule has 0 aliphatic carbocycles. The normalized spacial score (nSPS) is 13.4. The summed E-state index contributed by atoms with van der Waals surface area (Å²) in [6.07, 6.45) is -2.07. The largest absolute Gasteiger partial charge is 0.490 e. The van der Waals surface area contributed by atoms with Gasteiger partial charge in [-0.2, -0.15) is 0 Å². The van der Waals surface area contributed by atoms with Crippen LogP contribution >= 0.6 is 0 Å². The van der Waals surface area contributed by atoms with E-state index in [1.807, 2.05) is 37.3 Å². The lowest BCUT2D eigenvalue weighted by molar-refractivity contribution is 0.0241. The number of hydrogen-bond donors (Lipinski definition) is 3. The number of ether oxygens (including phenoxy) is 2. The molecule has 2 aromatic carbocycles. The molecule has 23 heavy (non-hydrogen) atoms. The Morgan fingerprint density at radius 1 is 1.00 bits per heavy atom. The lowest BCUT2D eigenvalue weighted by atomic mass is 10.0. The van der Waals surface area contributed by atoms with E-state index in [0.717, 1.165) is 5.56 Å². The quantitative estimate of drug-likeness (QED) is 0.693. The highest BCUT2D eigenvalue weighted by Crippen LogP contribution is 2.32. The summed E-state index contributed by atoms with van der Waals surface area (Å²) in [4.78, 5) is 0. The number of aliphatic hydroxyl groups excluding tert-OH is 2. The number of rotatable bonds is 8. The van der Waals surface area contributed by atoms with Crippen LogP contribution in [-0.4, -0.2) is 29.5 Å². The van der Waals surface area contributed by atoms with E-state index in [9.17, 15) is 10.2 Å². The van der Waals surface area contributed by atoms with Gasteiger partial charge in [-0.1, -0.05) is 36.4 Å². The highest BCUT2D eigenvalue weighted by Gasteiger charge is 2.19. The molecule has 4 N–H and O–H groups in total. The Bertz CT molecular complexity index is 603. The third-order valence-corrected chi connectivity index (χ3v) is 3.45. The van der Waals surface area contributed by atoms with Gasteiger partial charge < -0.3 is 25.4 Å². The van der Waals surface area contributed by atoms with Crippen LogP contribution in [0.5, 0.6) is 11.5 Å². The summed E-state index contributed by atoms with van der Waals surface area (Å²) in [5.74, 6) is 1.12. The summed E-state index contributed by atoms with van der Waals surface area (Å²) in [6.45, 7) is 2.76. The molecule has 0 saturated carbocycles. The zero-order chi connectivity index (χ0) is 16.7.